The fourth-order valence-electron chi connectivity index (χ4n) is 3.48. The second-order valence-corrected chi connectivity index (χ2v) is 9.24. The summed E-state index contributed by atoms with van der Waals surface area (Å²) in [6.07, 6.45) is 20.9. The highest BCUT2D eigenvalue weighted by molar-refractivity contribution is 5.71. The topological polar surface area (TPSA) is 90.2 Å². The van der Waals surface area contributed by atoms with Crippen LogP contribution in [-0.4, -0.2) is 65.3 Å². The van der Waals surface area contributed by atoms with Crippen molar-refractivity contribution >= 4 is 5.97 Å². The van der Waals surface area contributed by atoms with Gasteiger partial charge in [-0.25, -0.2) is 4.79 Å². The number of carboxylic acid groups (broad SMARTS) is 1. The Morgan fingerprint density at radius 2 is 1.09 bits per heavy atom. The number of carbonyl (C=O) groups is 1. The molecule has 0 aromatic heterocycles. The number of rotatable bonds is 22. The van der Waals surface area contributed by atoms with E-state index < -0.39 is 12.1 Å². The number of likely N-dealkylation sites (N-methyl/N-ethyl adjacent to an activating group) is 1. The number of nitrogens with zero attached hydrogens (tertiary/aromatic N) is 1. The molecule has 2 atom stereocenters. The molecule has 0 rings (SSSR count). The van der Waals surface area contributed by atoms with E-state index in [4.69, 9.17) is 14.9 Å². The number of aliphatic hydroxyl groups is 2. The summed E-state index contributed by atoms with van der Waals surface area (Å²) in [4.78, 5) is 11.5. The number of unbranched alkanes of at least 4 members (excludes halogenated alkanes) is 15. The van der Waals surface area contributed by atoms with E-state index in [0.717, 1.165) is 6.61 Å². The zero-order chi connectivity index (χ0) is 24.5. The van der Waals surface area contributed by atoms with E-state index in [9.17, 15) is 9.90 Å². The van der Waals surface area contributed by atoms with Crippen molar-refractivity contribution in [3.05, 3.63) is 0 Å². The summed E-state index contributed by atoms with van der Waals surface area (Å²) in [5.41, 5.74) is 0. The Morgan fingerprint density at radius 1 is 0.750 bits per heavy atom. The molecular weight excluding hydrogens is 406 g/mol. The molecule has 32 heavy (non-hydrogen) atoms. The Hall–Kier alpha value is -0.690. The zero-order valence-electron chi connectivity index (χ0n) is 21.7. The van der Waals surface area contributed by atoms with Crippen molar-refractivity contribution in [1.82, 2.24) is 4.90 Å². The number of hydrogen-bond acceptors (Lipinski definition) is 5. The molecule has 0 heterocycles. The van der Waals surface area contributed by atoms with Crippen molar-refractivity contribution in [2.24, 2.45) is 0 Å². The lowest BCUT2D eigenvalue weighted by Gasteiger charge is -2.18. The molecule has 6 nitrogen and oxygen atoms in total. The molecule has 2 unspecified atom stereocenters. The summed E-state index contributed by atoms with van der Waals surface area (Å²) < 4.78 is 5.63. The average molecular weight is 462 g/mol. The van der Waals surface area contributed by atoms with Crippen LogP contribution in [0.3, 0.4) is 0 Å². The zero-order valence-corrected chi connectivity index (χ0v) is 21.7. The van der Waals surface area contributed by atoms with Crippen molar-refractivity contribution in [1.29, 1.82) is 0 Å². The molecule has 0 saturated heterocycles. The highest BCUT2D eigenvalue weighted by Crippen LogP contribution is 2.13. The summed E-state index contributed by atoms with van der Waals surface area (Å²) in [5.74, 6) is -1.19. The van der Waals surface area contributed by atoms with Crippen LogP contribution in [0.4, 0.5) is 0 Å². The van der Waals surface area contributed by atoms with Gasteiger partial charge < -0.3 is 20.1 Å². The van der Waals surface area contributed by atoms with Gasteiger partial charge in [0.05, 0.1) is 12.8 Å². The molecule has 0 aliphatic rings. The van der Waals surface area contributed by atoms with Gasteiger partial charge in [-0.1, -0.05) is 103 Å². The van der Waals surface area contributed by atoms with E-state index in [0.29, 0.717) is 13.3 Å². The monoisotopic (exact) mass is 461 g/mol. The molecule has 0 amide bonds. The first-order valence-corrected chi connectivity index (χ1v) is 13.2. The van der Waals surface area contributed by atoms with E-state index in [-0.39, 0.29) is 6.10 Å². The van der Waals surface area contributed by atoms with Crippen LogP contribution in [0.5, 0.6) is 0 Å². The first-order valence-electron chi connectivity index (χ1n) is 13.2. The standard InChI is InChI=1S/C23H49NO2.C3H6O3/c1-4-5-6-7-8-9-10-11-12-13-14-15-16-17-18-19-20-26-22-24(3)21-23(2)25;1-2(4)3(5)6/h23,25H,4-22H2,1-3H3;2,4H,1H3,(H,5,6). The molecular formula is C26H55NO5. The quantitative estimate of drug-likeness (QED) is 0.136. The Kier molecular flexibility index (Phi) is 27.8. The first kappa shape index (κ1) is 33.5. The molecule has 194 valence electrons. The van der Waals surface area contributed by atoms with Gasteiger partial charge in [-0.3, -0.25) is 4.90 Å². The Morgan fingerprint density at radius 3 is 1.41 bits per heavy atom. The SMILES string of the molecule is CC(O)C(=O)O.CCCCCCCCCCCCCCCCCCOCN(C)CC(C)O. The number of hydrogen-bond donors (Lipinski definition) is 3. The molecule has 0 spiro atoms. The van der Waals surface area contributed by atoms with Crippen LogP contribution in [0.2, 0.25) is 0 Å². The third kappa shape index (κ3) is 31.5. The third-order valence-corrected chi connectivity index (χ3v) is 5.39. The second kappa shape index (κ2) is 26.6. The molecule has 0 aromatic carbocycles. The molecule has 0 aliphatic carbocycles. The van der Waals surface area contributed by atoms with Crippen LogP contribution in [0.25, 0.3) is 0 Å². The van der Waals surface area contributed by atoms with E-state index in [1.54, 1.807) is 0 Å². The highest BCUT2D eigenvalue weighted by atomic mass is 16.5. The fraction of sp³-hybridized carbons (Fsp3) is 0.962. The van der Waals surface area contributed by atoms with Crippen LogP contribution >= 0.6 is 0 Å². The van der Waals surface area contributed by atoms with Gasteiger partial charge in [-0.05, 0) is 27.3 Å². The molecule has 0 fully saturated rings. The van der Waals surface area contributed by atoms with Gasteiger partial charge in [0, 0.05) is 13.2 Å². The van der Waals surface area contributed by atoms with Crippen LogP contribution in [0.15, 0.2) is 0 Å². The van der Waals surface area contributed by atoms with E-state index in [1.165, 1.54) is 110 Å². The Labute approximate surface area is 198 Å². The Bertz CT molecular complexity index is 377. The molecule has 0 saturated carbocycles. The van der Waals surface area contributed by atoms with Gasteiger partial charge in [0.2, 0.25) is 0 Å². The smallest absolute Gasteiger partial charge is 0.332 e. The van der Waals surface area contributed by atoms with Gasteiger partial charge in [-0.2, -0.15) is 0 Å². The molecule has 0 aliphatic heterocycles. The van der Waals surface area contributed by atoms with Crippen molar-refractivity contribution in [3.63, 3.8) is 0 Å². The summed E-state index contributed by atoms with van der Waals surface area (Å²) in [6, 6.07) is 0. The highest BCUT2D eigenvalue weighted by Gasteiger charge is 2.02. The lowest BCUT2D eigenvalue weighted by molar-refractivity contribution is -0.145. The van der Waals surface area contributed by atoms with Crippen molar-refractivity contribution in [2.45, 2.75) is 136 Å². The number of carboxylic acids is 1. The fourth-order valence-corrected chi connectivity index (χ4v) is 3.48. The molecule has 0 bridgehead atoms. The van der Waals surface area contributed by atoms with Gasteiger partial charge in [0.25, 0.3) is 0 Å². The maximum Gasteiger partial charge on any atom is 0.332 e. The molecule has 6 heteroatoms. The lowest BCUT2D eigenvalue weighted by atomic mass is 10.0. The summed E-state index contributed by atoms with van der Waals surface area (Å²) in [7, 11) is 1.99. The van der Waals surface area contributed by atoms with Crippen molar-refractivity contribution in [2.75, 3.05) is 26.9 Å². The molecule has 0 aromatic rings. The van der Waals surface area contributed by atoms with Crippen LogP contribution < -0.4 is 0 Å². The maximum atomic E-state index is 9.45. The van der Waals surface area contributed by atoms with Crippen LogP contribution in [0, 0.1) is 0 Å². The second-order valence-electron chi connectivity index (χ2n) is 9.24. The van der Waals surface area contributed by atoms with Gasteiger partial charge >= 0.3 is 5.97 Å². The Balaban J connectivity index is 0. The lowest BCUT2D eigenvalue weighted by Crippen LogP contribution is -2.29. The van der Waals surface area contributed by atoms with Crippen LogP contribution in [0.1, 0.15) is 124 Å². The van der Waals surface area contributed by atoms with Crippen molar-refractivity contribution < 1.29 is 24.9 Å². The summed E-state index contributed by atoms with van der Waals surface area (Å²) in [5, 5.41) is 25.0. The number of aliphatic hydroxyl groups excluding tert-OH is 2. The molecule has 0 radical (unpaired) electrons. The maximum absolute atomic E-state index is 9.45. The number of ether oxygens (including phenoxy) is 1. The predicted molar refractivity (Wildman–Crippen MR) is 134 cm³/mol. The largest absolute Gasteiger partial charge is 0.479 e. The van der Waals surface area contributed by atoms with Gasteiger partial charge in [-0.15, -0.1) is 0 Å². The first-order chi connectivity index (χ1) is 15.3. The van der Waals surface area contributed by atoms with E-state index >= 15 is 0 Å². The predicted octanol–water partition coefficient (Wildman–Crippen LogP) is 5.99. The van der Waals surface area contributed by atoms with Gasteiger partial charge in [0.1, 0.15) is 6.10 Å². The average Bonchev–Trinajstić information content (AvgIpc) is 2.72. The third-order valence-electron chi connectivity index (χ3n) is 5.39. The normalized spacial score (nSPS) is 13.0. The van der Waals surface area contributed by atoms with E-state index in [1.807, 2.05) is 18.9 Å². The minimum Gasteiger partial charge on any atom is -0.479 e. The van der Waals surface area contributed by atoms with Gasteiger partial charge in [0.15, 0.2) is 0 Å². The van der Waals surface area contributed by atoms with E-state index in [2.05, 4.69) is 6.92 Å². The number of aliphatic carboxylic acids is 1. The van der Waals surface area contributed by atoms with Crippen molar-refractivity contribution in [3.8, 4) is 0 Å². The molecule has 3 N–H and O–H groups in total. The summed E-state index contributed by atoms with van der Waals surface area (Å²) >= 11 is 0. The minimum absolute atomic E-state index is 0.279. The minimum atomic E-state index is -1.23. The van der Waals surface area contributed by atoms with Crippen LogP contribution in [-0.2, 0) is 9.53 Å². The summed E-state index contributed by atoms with van der Waals surface area (Å²) in [6.45, 7) is 7.45.